The molecule has 2 aromatic carbocycles. The van der Waals surface area contributed by atoms with Crippen molar-refractivity contribution < 1.29 is 19.4 Å². The van der Waals surface area contributed by atoms with E-state index in [4.69, 9.17) is 9.47 Å². The topological polar surface area (TPSA) is 55.8 Å². The van der Waals surface area contributed by atoms with Crippen LogP contribution in [-0.4, -0.2) is 25.3 Å². The van der Waals surface area contributed by atoms with Crippen LogP contribution in [0, 0.1) is 0 Å². The maximum absolute atomic E-state index is 11.2. The summed E-state index contributed by atoms with van der Waals surface area (Å²) in [6.45, 7) is 0. The van der Waals surface area contributed by atoms with Crippen molar-refractivity contribution in [2.45, 2.75) is 0 Å². The molecule has 0 heterocycles. The molecule has 0 atom stereocenters. The van der Waals surface area contributed by atoms with Gasteiger partial charge in [0, 0.05) is 0 Å². The first-order chi connectivity index (χ1) is 9.17. The number of ether oxygens (including phenoxy) is 2. The summed E-state index contributed by atoms with van der Waals surface area (Å²) >= 11 is 0. The number of carbonyl (C=O) groups is 1. The van der Waals surface area contributed by atoms with Crippen molar-refractivity contribution in [3.05, 3.63) is 48.0 Å². The lowest BCUT2D eigenvalue weighted by atomic mass is 9.99. The average molecular weight is 258 g/mol. The number of rotatable bonds is 4. The summed E-state index contributed by atoms with van der Waals surface area (Å²) in [5, 5.41) is 9.20. The Balaban J connectivity index is 2.56. The predicted octanol–water partition coefficient (Wildman–Crippen LogP) is 3.07. The standard InChI is InChI=1S/C15H14O4/c1-18-13-8-7-10(9-14(13)19-2)11-5-3-4-6-12(11)15(16)17/h3-9H,1-2H3,(H,16,17). The Kier molecular flexibility index (Phi) is 3.71. The van der Waals surface area contributed by atoms with E-state index in [1.54, 1.807) is 50.6 Å². The summed E-state index contributed by atoms with van der Waals surface area (Å²) in [5.41, 5.74) is 1.68. The van der Waals surface area contributed by atoms with Crippen LogP contribution in [0.1, 0.15) is 10.4 Å². The number of benzene rings is 2. The van der Waals surface area contributed by atoms with E-state index in [9.17, 15) is 9.90 Å². The van der Waals surface area contributed by atoms with Gasteiger partial charge in [0.05, 0.1) is 19.8 Å². The minimum Gasteiger partial charge on any atom is -0.493 e. The van der Waals surface area contributed by atoms with Crippen LogP contribution in [-0.2, 0) is 0 Å². The summed E-state index contributed by atoms with van der Waals surface area (Å²) in [4.78, 5) is 11.2. The van der Waals surface area contributed by atoms with Crippen LogP contribution in [0.15, 0.2) is 42.5 Å². The number of aromatic carboxylic acids is 1. The maximum atomic E-state index is 11.2. The Morgan fingerprint density at radius 3 is 2.32 bits per heavy atom. The monoisotopic (exact) mass is 258 g/mol. The summed E-state index contributed by atoms with van der Waals surface area (Å²) in [7, 11) is 3.10. The van der Waals surface area contributed by atoms with Crippen LogP contribution in [0.5, 0.6) is 11.5 Å². The molecule has 0 aliphatic carbocycles. The molecule has 0 aromatic heterocycles. The number of hydrogen-bond donors (Lipinski definition) is 1. The third-order valence-electron chi connectivity index (χ3n) is 2.85. The average Bonchev–Trinajstić information content (AvgIpc) is 2.46. The molecule has 4 heteroatoms. The summed E-state index contributed by atoms with van der Waals surface area (Å²) in [6.07, 6.45) is 0. The Morgan fingerprint density at radius 2 is 1.68 bits per heavy atom. The lowest BCUT2D eigenvalue weighted by Gasteiger charge is -2.11. The molecule has 2 rings (SSSR count). The molecule has 4 nitrogen and oxygen atoms in total. The highest BCUT2D eigenvalue weighted by molar-refractivity contribution is 5.96. The van der Waals surface area contributed by atoms with Crippen molar-refractivity contribution in [1.29, 1.82) is 0 Å². The van der Waals surface area contributed by atoms with Gasteiger partial charge < -0.3 is 14.6 Å². The Morgan fingerprint density at radius 1 is 1.00 bits per heavy atom. The molecule has 98 valence electrons. The van der Waals surface area contributed by atoms with Gasteiger partial charge in [0.15, 0.2) is 11.5 Å². The van der Waals surface area contributed by atoms with Crippen molar-refractivity contribution >= 4 is 5.97 Å². The van der Waals surface area contributed by atoms with Crippen LogP contribution in [0.3, 0.4) is 0 Å². The van der Waals surface area contributed by atoms with Crippen molar-refractivity contribution in [1.82, 2.24) is 0 Å². The van der Waals surface area contributed by atoms with E-state index in [-0.39, 0.29) is 5.56 Å². The molecule has 0 spiro atoms. The van der Waals surface area contributed by atoms with Crippen molar-refractivity contribution in [3.8, 4) is 22.6 Å². The van der Waals surface area contributed by atoms with E-state index in [0.717, 1.165) is 5.56 Å². The Labute approximate surface area is 111 Å². The highest BCUT2D eigenvalue weighted by atomic mass is 16.5. The lowest BCUT2D eigenvalue weighted by molar-refractivity contribution is 0.0697. The molecule has 0 saturated heterocycles. The summed E-state index contributed by atoms with van der Waals surface area (Å²) < 4.78 is 10.4. The molecule has 19 heavy (non-hydrogen) atoms. The van der Waals surface area contributed by atoms with Gasteiger partial charge in [0.25, 0.3) is 0 Å². The molecule has 0 aliphatic rings. The van der Waals surface area contributed by atoms with E-state index >= 15 is 0 Å². The van der Waals surface area contributed by atoms with Gasteiger partial charge in [-0.15, -0.1) is 0 Å². The highest BCUT2D eigenvalue weighted by Gasteiger charge is 2.12. The minimum absolute atomic E-state index is 0.259. The third-order valence-corrected chi connectivity index (χ3v) is 2.85. The zero-order chi connectivity index (χ0) is 13.8. The number of carboxylic acids is 1. The van der Waals surface area contributed by atoms with E-state index in [1.165, 1.54) is 0 Å². The lowest BCUT2D eigenvalue weighted by Crippen LogP contribution is -1.99. The number of methoxy groups -OCH3 is 2. The largest absolute Gasteiger partial charge is 0.493 e. The molecular weight excluding hydrogens is 244 g/mol. The number of hydrogen-bond acceptors (Lipinski definition) is 3. The minimum atomic E-state index is -0.953. The van der Waals surface area contributed by atoms with E-state index in [2.05, 4.69) is 0 Å². The fourth-order valence-electron chi connectivity index (χ4n) is 1.93. The second-order valence-electron chi connectivity index (χ2n) is 3.92. The van der Waals surface area contributed by atoms with Crippen LogP contribution < -0.4 is 9.47 Å². The van der Waals surface area contributed by atoms with Gasteiger partial charge in [-0.2, -0.15) is 0 Å². The van der Waals surface area contributed by atoms with Gasteiger partial charge >= 0.3 is 5.97 Å². The Hall–Kier alpha value is -2.49. The van der Waals surface area contributed by atoms with Gasteiger partial charge in [-0.25, -0.2) is 4.79 Å². The zero-order valence-electron chi connectivity index (χ0n) is 10.7. The van der Waals surface area contributed by atoms with Gasteiger partial charge in [0.1, 0.15) is 0 Å². The maximum Gasteiger partial charge on any atom is 0.336 e. The molecule has 0 radical (unpaired) electrons. The van der Waals surface area contributed by atoms with Crippen molar-refractivity contribution in [2.75, 3.05) is 14.2 Å². The molecule has 2 aromatic rings. The van der Waals surface area contributed by atoms with Crippen LogP contribution >= 0.6 is 0 Å². The summed E-state index contributed by atoms with van der Waals surface area (Å²) in [5.74, 6) is 0.227. The van der Waals surface area contributed by atoms with Gasteiger partial charge in [-0.3, -0.25) is 0 Å². The molecule has 0 amide bonds. The second kappa shape index (κ2) is 5.44. The van der Waals surface area contributed by atoms with E-state index in [1.807, 2.05) is 6.07 Å². The van der Waals surface area contributed by atoms with Crippen LogP contribution in [0.2, 0.25) is 0 Å². The van der Waals surface area contributed by atoms with Crippen LogP contribution in [0.25, 0.3) is 11.1 Å². The number of carboxylic acid groups (broad SMARTS) is 1. The van der Waals surface area contributed by atoms with Gasteiger partial charge in [-0.1, -0.05) is 24.3 Å². The predicted molar refractivity (Wildman–Crippen MR) is 71.9 cm³/mol. The fraction of sp³-hybridized carbons (Fsp3) is 0.133. The highest BCUT2D eigenvalue weighted by Crippen LogP contribution is 2.33. The molecule has 0 saturated carbocycles. The summed E-state index contributed by atoms with van der Waals surface area (Å²) in [6, 6.07) is 12.2. The molecule has 0 aliphatic heterocycles. The fourth-order valence-corrected chi connectivity index (χ4v) is 1.93. The molecule has 0 unspecified atom stereocenters. The third kappa shape index (κ3) is 2.52. The SMILES string of the molecule is COc1ccc(-c2ccccc2C(=O)O)cc1OC. The first kappa shape index (κ1) is 13.0. The zero-order valence-corrected chi connectivity index (χ0v) is 10.7. The van der Waals surface area contributed by atoms with E-state index in [0.29, 0.717) is 17.1 Å². The van der Waals surface area contributed by atoms with Crippen molar-refractivity contribution in [2.24, 2.45) is 0 Å². The van der Waals surface area contributed by atoms with Crippen LogP contribution in [0.4, 0.5) is 0 Å². The smallest absolute Gasteiger partial charge is 0.336 e. The normalized spacial score (nSPS) is 10.0. The second-order valence-corrected chi connectivity index (χ2v) is 3.92. The molecular formula is C15H14O4. The van der Waals surface area contributed by atoms with E-state index < -0.39 is 5.97 Å². The van der Waals surface area contributed by atoms with Gasteiger partial charge in [0.2, 0.25) is 0 Å². The first-order valence-corrected chi connectivity index (χ1v) is 5.72. The quantitative estimate of drug-likeness (QED) is 0.915. The molecule has 1 N–H and O–H groups in total. The first-order valence-electron chi connectivity index (χ1n) is 5.72. The molecule has 0 fully saturated rings. The van der Waals surface area contributed by atoms with Gasteiger partial charge in [-0.05, 0) is 29.3 Å². The van der Waals surface area contributed by atoms with Crippen molar-refractivity contribution in [3.63, 3.8) is 0 Å². The molecule has 0 bridgehead atoms. The Bertz CT molecular complexity index is 605.